The molecule has 0 saturated heterocycles. The van der Waals surface area contributed by atoms with Crippen molar-refractivity contribution in [3.05, 3.63) is 113 Å². The molecule has 0 bridgehead atoms. The van der Waals surface area contributed by atoms with Gasteiger partial charge in [0.25, 0.3) is 0 Å². The van der Waals surface area contributed by atoms with Crippen molar-refractivity contribution in [1.82, 2.24) is 0 Å². The molecule has 1 aliphatic carbocycles. The number of hydrogen-bond acceptors (Lipinski definition) is 0. The summed E-state index contributed by atoms with van der Waals surface area (Å²) in [5.74, 6) is -1.73. The van der Waals surface area contributed by atoms with E-state index in [2.05, 4.69) is 19.9 Å². The lowest BCUT2D eigenvalue weighted by Gasteiger charge is -2.17. The van der Waals surface area contributed by atoms with Crippen molar-refractivity contribution in [2.75, 3.05) is 0 Å². The second-order valence-corrected chi connectivity index (χ2v) is 9.10. The summed E-state index contributed by atoms with van der Waals surface area (Å²) in [4.78, 5) is 0. The smallest absolute Gasteiger partial charge is 0.167 e. The van der Waals surface area contributed by atoms with Crippen molar-refractivity contribution < 1.29 is 13.2 Å². The molecule has 0 radical (unpaired) electrons. The predicted octanol–water partition coefficient (Wildman–Crippen LogP) is 9.86. The molecule has 0 spiro atoms. The first kappa shape index (κ1) is 24.8. The van der Waals surface area contributed by atoms with Crippen LogP contribution >= 0.6 is 0 Å². The molecule has 1 aliphatic rings. The number of allylic oxidation sites excluding steroid dienone is 5. The van der Waals surface area contributed by atoms with E-state index in [-0.39, 0.29) is 22.9 Å². The average molecular weight is 473 g/mol. The van der Waals surface area contributed by atoms with Gasteiger partial charge < -0.3 is 0 Å². The van der Waals surface area contributed by atoms with Gasteiger partial charge in [0.05, 0.1) is 0 Å². The van der Waals surface area contributed by atoms with Gasteiger partial charge in [0.15, 0.2) is 11.6 Å². The molecule has 0 amide bonds. The minimum atomic E-state index is -0.851. The quantitative estimate of drug-likeness (QED) is 0.306. The van der Waals surface area contributed by atoms with Gasteiger partial charge in [0.1, 0.15) is 5.83 Å². The highest BCUT2D eigenvalue weighted by Gasteiger charge is 2.17. The summed E-state index contributed by atoms with van der Waals surface area (Å²) in [6.45, 7) is 4.17. The number of halogens is 3. The first-order valence-electron chi connectivity index (χ1n) is 12.4. The largest absolute Gasteiger partial charge is 0.211 e. The Hall–Kier alpha value is -3.33. The number of benzene rings is 3. The third-order valence-corrected chi connectivity index (χ3v) is 6.68. The van der Waals surface area contributed by atoms with Crippen molar-refractivity contribution in [1.29, 1.82) is 0 Å². The number of unbranched alkanes of at least 4 members (excludes halogenated alkanes) is 1. The van der Waals surface area contributed by atoms with Gasteiger partial charge >= 0.3 is 0 Å². The lowest BCUT2D eigenvalue weighted by atomic mass is 9.91. The van der Waals surface area contributed by atoms with E-state index in [4.69, 9.17) is 0 Å². The fourth-order valence-electron chi connectivity index (χ4n) is 4.43. The molecule has 0 heterocycles. The summed E-state index contributed by atoms with van der Waals surface area (Å²) in [5.41, 5.74) is 4.66. The summed E-state index contributed by atoms with van der Waals surface area (Å²) in [6.07, 6.45) is 12.1. The van der Waals surface area contributed by atoms with Crippen LogP contribution in [0.2, 0.25) is 0 Å². The molecule has 0 N–H and O–H groups in total. The molecule has 180 valence electrons. The van der Waals surface area contributed by atoms with E-state index in [1.165, 1.54) is 0 Å². The maximum Gasteiger partial charge on any atom is 0.167 e. The Bertz CT molecular complexity index is 1250. The summed E-state index contributed by atoms with van der Waals surface area (Å²) in [7, 11) is 0. The standard InChI is InChI=1S/C32H31F3/c1-3-5-6-27-18-13-24(21-30(27)33)8-7-23-11-16-26(17-12-23)29-20-19-28(31(34)32(29)35)25-14-9-22(4-2)10-15-25/h7-17,19-21,27H,3-6,18H2,1-2H3/b8-7+. The molecule has 4 rings (SSSR count). The second-order valence-electron chi connectivity index (χ2n) is 9.10. The molecular weight excluding hydrogens is 441 g/mol. The van der Waals surface area contributed by atoms with Gasteiger partial charge in [-0.2, -0.15) is 0 Å². The summed E-state index contributed by atoms with van der Waals surface area (Å²) >= 11 is 0. The van der Waals surface area contributed by atoms with E-state index >= 15 is 0 Å². The molecular formula is C32H31F3. The Labute approximate surface area is 206 Å². The maximum absolute atomic E-state index is 15.0. The fourth-order valence-corrected chi connectivity index (χ4v) is 4.43. The van der Waals surface area contributed by atoms with Crippen LogP contribution in [-0.2, 0) is 6.42 Å². The van der Waals surface area contributed by atoms with Crippen LogP contribution in [0.15, 0.2) is 90.3 Å². The predicted molar refractivity (Wildman–Crippen MR) is 141 cm³/mol. The second kappa shape index (κ2) is 11.4. The van der Waals surface area contributed by atoms with Crippen molar-refractivity contribution in [3.63, 3.8) is 0 Å². The third-order valence-electron chi connectivity index (χ3n) is 6.68. The van der Waals surface area contributed by atoms with Gasteiger partial charge in [0, 0.05) is 17.0 Å². The van der Waals surface area contributed by atoms with Gasteiger partial charge in [-0.15, -0.1) is 0 Å². The Morgan fingerprint density at radius 2 is 1.37 bits per heavy atom. The zero-order chi connectivity index (χ0) is 24.8. The normalized spacial score (nSPS) is 15.9. The van der Waals surface area contributed by atoms with Gasteiger partial charge in [-0.1, -0.05) is 106 Å². The van der Waals surface area contributed by atoms with E-state index in [9.17, 15) is 13.2 Å². The molecule has 3 heteroatoms. The minimum Gasteiger partial charge on any atom is -0.211 e. The number of rotatable bonds is 8. The Morgan fingerprint density at radius 1 is 0.771 bits per heavy atom. The molecule has 0 aliphatic heterocycles. The van der Waals surface area contributed by atoms with E-state index in [1.807, 2.05) is 48.6 Å². The highest BCUT2D eigenvalue weighted by Crippen LogP contribution is 2.33. The van der Waals surface area contributed by atoms with Crippen LogP contribution in [0.25, 0.3) is 28.3 Å². The lowest BCUT2D eigenvalue weighted by Crippen LogP contribution is -2.04. The monoisotopic (exact) mass is 472 g/mol. The highest BCUT2D eigenvalue weighted by molar-refractivity contribution is 5.72. The van der Waals surface area contributed by atoms with E-state index in [0.29, 0.717) is 11.1 Å². The van der Waals surface area contributed by atoms with E-state index in [0.717, 1.165) is 48.8 Å². The topological polar surface area (TPSA) is 0 Å². The summed E-state index contributed by atoms with van der Waals surface area (Å²) in [5, 5.41) is 0. The molecule has 3 aromatic carbocycles. The first-order chi connectivity index (χ1) is 17.0. The Balaban J connectivity index is 1.48. The van der Waals surface area contributed by atoms with Crippen LogP contribution in [0.1, 0.15) is 50.7 Å². The Morgan fingerprint density at radius 3 is 1.91 bits per heavy atom. The minimum absolute atomic E-state index is 0.00349. The molecule has 0 nitrogen and oxygen atoms in total. The molecule has 0 fully saturated rings. The van der Waals surface area contributed by atoms with Crippen LogP contribution in [0.4, 0.5) is 13.2 Å². The zero-order valence-corrected chi connectivity index (χ0v) is 20.3. The van der Waals surface area contributed by atoms with Gasteiger partial charge in [-0.25, -0.2) is 13.2 Å². The molecule has 1 atom stereocenters. The van der Waals surface area contributed by atoms with Crippen molar-refractivity contribution in [2.45, 2.75) is 46.0 Å². The first-order valence-corrected chi connectivity index (χ1v) is 12.4. The molecule has 3 aromatic rings. The van der Waals surface area contributed by atoms with Crippen molar-refractivity contribution in [2.24, 2.45) is 5.92 Å². The molecule has 0 saturated carbocycles. The zero-order valence-electron chi connectivity index (χ0n) is 20.3. The van der Waals surface area contributed by atoms with Crippen LogP contribution < -0.4 is 0 Å². The van der Waals surface area contributed by atoms with E-state index < -0.39 is 11.6 Å². The third kappa shape index (κ3) is 5.85. The average Bonchev–Trinajstić information content (AvgIpc) is 2.89. The van der Waals surface area contributed by atoms with Crippen LogP contribution in [0.3, 0.4) is 0 Å². The Kier molecular flexibility index (Phi) is 8.07. The summed E-state index contributed by atoms with van der Waals surface area (Å²) in [6, 6.07) is 18.0. The van der Waals surface area contributed by atoms with Crippen LogP contribution in [0, 0.1) is 17.6 Å². The van der Waals surface area contributed by atoms with Crippen molar-refractivity contribution in [3.8, 4) is 22.3 Å². The fraction of sp³-hybridized carbons (Fsp3) is 0.250. The number of hydrogen-bond donors (Lipinski definition) is 0. The van der Waals surface area contributed by atoms with Crippen LogP contribution in [0.5, 0.6) is 0 Å². The molecule has 0 aromatic heterocycles. The number of aryl methyl sites for hydroxylation is 1. The summed E-state index contributed by atoms with van der Waals surface area (Å²) < 4.78 is 44.2. The molecule has 1 unspecified atom stereocenters. The highest BCUT2D eigenvalue weighted by atomic mass is 19.2. The van der Waals surface area contributed by atoms with E-state index in [1.54, 1.807) is 30.3 Å². The van der Waals surface area contributed by atoms with Gasteiger partial charge in [0.2, 0.25) is 0 Å². The van der Waals surface area contributed by atoms with Gasteiger partial charge in [-0.05, 0) is 53.2 Å². The SMILES string of the molecule is CCCCC1CC=C(/C=C/c2ccc(-c3ccc(-c4ccc(CC)cc4)c(F)c3F)cc2)C=C1F. The maximum atomic E-state index is 15.0. The van der Waals surface area contributed by atoms with Crippen molar-refractivity contribution >= 4 is 6.08 Å². The van der Waals surface area contributed by atoms with Crippen LogP contribution in [-0.4, -0.2) is 0 Å². The molecule has 35 heavy (non-hydrogen) atoms. The van der Waals surface area contributed by atoms with Gasteiger partial charge in [-0.3, -0.25) is 0 Å². The lowest BCUT2D eigenvalue weighted by molar-refractivity contribution is 0.425.